The van der Waals surface area contributed by atoms with Gasteiger partial charge in [-0.2, -0.15) is 0 Å². The predicted molar refractivity (Wildman–Crippen MR) is 166 cm³/mol. The molecule has 4 aromatic carbocycles. The number of carbonyl (C=O) groups is 3. The Hall–Kier alpha value is -4.89. The molecular formula is C35H36N4O5. The van der Waals surface area contributed by atoms with Crippen LogP contribution in [0.4, 0.5) is 4.79 Å². The summed E-state index contributed by atoms with van der Waals surface area (Å²) < 4.78 is 10.4. The van der Waals surface area contributed by atoms with Crippen LogP contribution >= 0.6 is 0 Å². The van der Waals surface area contributed by atoms with E-state index in [-0.39, 0.29) is 44.1 Å². The summed E-state index contributed by atoms with van der Waals surface area (Å²) in [6.07, 6.45) is -0.0411. The van der Waals surface area contributed by atoms with Gasteiger partial charge in [0.1, 0.15) is 18.0 Å². The Morgan fingerprint density at radius 1 is 0.886 bits per heavy atom. The van der Waals surface area contributed by atoms with Crippen LogP contribution in [0.15, 0.2) is 97.1 Å². The maximum atomic E-state index is 14.1. The van der Waals surface area contributed by atoms with Gasteiger partial charge in [0.25, 0.3) is 0 Å². The van der Waals surface area contributed by atoms with E-state index < -0.39 is 12.2 Å². The van der Waals surface area contributed by atoms with Gasteiger partial charge in [-0.05, 0) is 39.6 Å². The molecule has 6 rings (SSSR count). The number of hydrogen-bond acceptors (Lipinski definition) is 5. The largest absolute Gasteiger partial charge is 0.468 e. The summed E-state index contributed by atoms with van der Waals surface area (Å²) in [4.78, 5) is 46.4. The molecule has 0 saturated carbocycles. The Labute approximate surface area is 257 Å². The van der Waals surface area contributed by atoms with Gasteiger partial charge >= 0.3 is 6.03 Å². The van der Waals surface area contributed by atoms with Crippen molar-refractivity contribution >= 4 is 28.6 Å². The molecule has 2 aliphatic heterocycles. The molecular weight excluding hydrogens is 556 g/mol. The van der Waals surface area contributed by atoms with Crippen LogP contribution in [-0.4, -0.2) is 71.7 Å². The van der Waals surface area contributed by atoms with E-state index in [0.29, 0.717) is 25.3 Å². The molecule has 2 saturated heterocycles. The fraction of sp³-hybridized carbons (Fsp3) is 0.286. The second kappa shape index (κ2) is 13.2. The van der Waals surface area contributed by atoms with E-state index in [0.717, 1.165) is 27.5 Å². The Kier molecular flexibility index (Phi) is 8.74. The second-order valence-electron chi connectivity index (χ2n) is 11.1. The Bertz CT molecular complexity index is 1620. The number of amides is 4. The van der Waals surface area contributed by atoms with Crippen molar-refractivity contribution in [3.63, 3.8) is 0 Å². The van der Waals surface area contributed by atoms with Crippen molar-refractivity contribution in [2.24, 2.45) is 0 Å². The lowest BCUT2D eigenvalue weighted by atomic mass is 9.96. The average Bonchev–Trinajstić information content (AvgIpc) is 3.05. The van der Waals surface area contributed by atoms with Crippen LogP contribution in [0.3, 0.4) is 0 Å². The van der Waals surface area contributed by atoms with Gasteiger partial charge < -0.3 is 29.5 Å². The number of methoxy groups -OCH3 is 1. The molecule has 0 aliphatic carbocycles. The van der Waals surface area contributed by atoms with Crippen molar-refractivity contribution in [3.05, 3.63) is 114 Å². The van der Waals surface area contributed by atoms with Crippen LogP contribution in [-0.2, 0) is 33.8 Å². The van der Waals surface area contributed by atoms with E-state index in [9.17, 15) is 14.4 Å². The Balaban J connectivity index is 1.25. The van der Waals surface area contributed by atoms with Crippen molar-refractivity contribution in [1.82, 2.24) is 20.0 Å². The summed E-state index contributed by atoms with van der Waals surface area (Å²) in [5, 5.41) is 5.21. The molecule has 1 unspecified atom stereocenters. The van der Waals surface area contributed by atoms with Gasteiger partial charge in [-0.1, -0.05) is 84.9 Å². The fourth-order valence-corrected chi connectivity index (χ4v) is 6.14. The zero-order valence-electron chi connectivity index (χ0n) is 24.7. The maximum Gasteiger partial charge on any atom is 0.319 e. The number of benzene rings is 4. The lowest BCUT2D eigenvalue weighted by Crippen LogP contribution is -2.72. The molecule has 0 spiro atoms. The van der Waals surface area contributed by atoms with Crippen LogP contribution in [0.2, 0.25) is 0 Å². The third kappa shape index (κ3) is 6.23. The third-order valence-electron chi connectivity index (χ3n) is 8.34. The Morgan fingerprint density at radius 2 is 1.64 bits per heavy atom. The van der Waals surface area contributed by atoms with E-state index in [1.165, 1.54) is 0 Å². The number of nitrogens with one attached hydrogen (secondary N) is 1. The van der Waals surface area contributed by atoms with E-state index >= 15 is 0 Å². The minimum absolute atomic E-state index is 0.107. The molecule has 0 aromatic heterocycles. The summed E-state index contributed by atoms with van der Waals surface area (Å²) in [5.41, 5.74) is 2.90. The number of rotatable bonds is 9. The highest BCUT2D eigenvalue weighted by molar-refractivity contribution is 5.92. The smallest absolute Gasteiger partial charge is 0.319 e. The second-order valence-corrected chi connectivity index (χ2v) is 11.1. The van der Waals surface area contributed by atoms with Crippen LogP contribution in [0.5, 0.6) is 5.75 Å². The molecule has 9 heteroatoms. The molecule has 2 atom stereocenters. The molecule has 226 valence electrons. The van der Waals surface area contributed by atoms with Crippen molar-refractivity contribution in [3.8, 4) is 5.75 Å². The normalized spacial score (nSPS) is 18.3. The van der Waals surface area contributed by atoms with Gasteiger partial charge in [0.05, 0.1) is 6.54 Å². The molecule has 9 nitrogen and oxygen atoms in total. The van der Waals surface area contributed by atoms with Gasteiger partial charge in [0.2, 0.25) is 11.8 Å². The minimum Gasteiger partial charge on any atom is -0.468 e. The number of nitrogens with zero attached hydrogens (tertiary/aromatic N) is 3. The summed E-state index contributed by atoms with van der Waals surface area (Å²) >= 11 is 0. The topological polar surface area (TPSA) is 91.4 Å². The first-order valence-electron chi connectivity index (χ1n) is 14.9. The van der Waals surface area contributed by atoms with E-state index in [4.69, 9.17) is 9.47 Å². The van der Waals surface area contributed by atoms with Gasteiger partial charge in [0.15, 0.2) is 6.79 Å². The average molecular weight is 593 g/mol. The number of hydrogen-bond donors (Lipinski definition) is 1. The molecule has 2 aliphatic rings. The van der Waals surface area contributed by atoms with Crippen LogP contribution < -0.4 is 10.1 Å². The quantitative estimate of drug-likeness (QED) is 0.288. The highest BCUT2D eigenvalue weighted by Crippen LogP contribution is 2.30. The van der Waals surface area contributed by atoms with Crippen molar-refractivity contribution in [2.75, 3.05) is 27.0 Å². The SMILES string of the molecule is COCOc1ccc(CNC(=O)N2CCC(=O)N3C2CN(Cc2cccc4ccccc24)C(=O)[C@@H]3Cc2ccccc2)cc1. The highest BCUT2D eigenvalue weighted by atomic mass is 16.7. The number of urea groups is 1. The third-order valence-corrected chi connectivity index (χ3v) is 8.34. The zero-order valence-corrected chi connectivity index (χ0v) is 24.7. The number of ether oxygens (including phenoxy) is 2. The van der Waals surface area contributed by atoms with Crippen LogP contribution in [0.25, 0.3) is 10.8 Å². The summed E-state index contributed by atoms with van der Waals surface area (Å²) in [7, 11) is 1.56. The number of carbonyl (C=O) groups excluding carboxylic acids is 3. The van der Waals surface area contributed by atoms with Crippen LogP contribution in [0.1, 0.15) is 23.1 Å². The van der Waals surface area contributed by atoms with Gasteiger partial charge in [0, 0.05) is 39.6 Å². The van der Waals surface area contributed by atoms with Gasteiger partial charge in [-0.25, -0.2) is 4.79 Å². The monoisotopic (exact) mass is 592 g/mol. The maximum absolute atomic E-state index is 14.1. The zero-order chi connectivity index (χ0) is 30.5. The molecule has 4 amide bonds. The molecule has 4 aromatic rings. The van der Waals surface area contributed by atoms with Gasteiger partial charge in [-0.15, -0.1) is 0 Å². The van der Waals surface area contributed by atoms with Crippen LogP contribution in [0, 0.1) is 0 Å². The first kappa shape index (κ1) is 29.2. The lowest BCUT2D eigenvalue weighted by molar-refractivity contribution is -0.167. The molecule has 2 fully saturated rings. The predicted octanol–water partition coefficient (Wildman–Crippen LogP) is 4.55. The van der Waals surface area contributed by atoms with Crippen molar-refractivity contribution < 1.29 is 23.9 Å². The van der Waals surface area contributed by atoms with Gasteiger partial charge in [-0.3, -0.25) is 9.59 Å². The summed E-state index contributed by atoms with van der Waals surface area (Å²) in [5.74, 6) is 0.462. The molecule has 0 bridgehead atoms. The molecule has 44 heavy (non-hydrogen) atoms. The first-order valence-corrected chi connectivity index (χ1v) is 14.9. The minimum atomic E-state index is -0.714. The lowest BCUT2D eigenvalue weighted by Gasteiger charge is -2.52. The molecule has 0 radical (unpaired) electrons. The van der Waals surface area contributed by atoms with Crippen molar-refractivity contribution in [1.29, 1.82) is 0 Å². The summed E-state index contributed by atoms with van der Waals surface area (Å²) in [6.45, 7) is 1.37. The Morgan fingerprint density at radius 3 is 2.43 bits per heavy atom. The number of fused-ring (bicyclic) bond motifs is 2. The van der Waals surface area contributed by atoms with E-state index in [2.05, 4.69) is 23.5 Å². The highest BCUT2D eigenvalue weighted by Gasteiger charge is 2.48. The first-order chi connectivity index (χ1) is 21.5. The molecule has 2 heterocycles. The standard InChI is InChI=1S/C35H36N4O5/c1-43-24-44-29-16-14-26(15-17-29)21-36-35(42)38-19-18-33(40)39-31(20-25-8-3-2-4-9-25)34(41)37(23-32(38)39)22-28-12-7-11-27-10-5-6-13-30(27)28/h2-17,31-32H,18-24H2,1H3,(H,36,42)/t31-,32?/m0/s1. The number of piperazine rings is 1. The van der Waals surface area contributed by atoms with E-state index in [1.54, 1.807) is 16.9 Å². The van der Waals surface area contributed by atoms with E-state index in [1.807, 2.05) is 83.8 Å². The fourth-order valence-electron chi connectivity index (χ4n) is 6.14. The van der Waals surface area contributed by atoms with Crippen molar-refractivity contribution in [2.45, 2.75) is 38.1 Å². The summed E-state index contributed by atoms with van der Waals surface area (Å²) in [6, 6.07) is 30.4. The molecule has 1 N–H and O–H groups in total.